The maximum Gasteiger partial charge on any atom is 0.261 e. The molecule has 0 atom stereocenters. The quantitative estimate of drug-likeness (QED) is 0.804. The van der Waals surface area contributed by atoms with Gasteiger partial charge in [0, 0.05) is 12.7 Å². The zero-order valence-corrected chi connectivity index (χ0v) is 12.8. The van der Waals surface area contributed by atoms with Gasteiger partial charge in [-0.3, -0.25) is 9.36 Å². The Labute approximate surface area is 129 Å². The number of aryl methyl sites for hydroxylation is 1. The predicted octanol–water partition coefficient (Wildman–Crippen LogP) is 3.11. The lowest BCUT2D eigenvalue weighted by molar-refractivity contribution is 0.756. The zero-order valence-electron chi connectivity index (χ0n) is 12.8. The summed E-state index contributed by atoms with van der Waals surface area (Å²) in [7, 11) is 1.76. The van der Waals surface area contributed by atoms with Crippen molar-refractivity contribution in [3.05, 3.63) is 70.3 Å². The summed E-state index contributed by atoms with van der Waals surface area (Å²) in [6, 6.07) is 15.8. The maximum absolute atomic E-state index is 12.3. The van der Waals surface area contributed by atoms with Crippen LogP contribution in [0.15, 0.2) is 53.3 Å². The lowest BCUT2D eigenvalue weighted by Gasteiger charge is -2.11. The minimum absolute atomic E-state index is 0.0104. The van der Waals surface area contributed by atoms with Crippen LogP contribution in [-0.2, 0) is 20.0 Å². The molecule has 0 amide bonds. The molecule has 1 aromatic heterocycles. The molecule has 0 aliphatic carbocycles. The van der Waals surface area contributed by atoms with Gasteiger partial charge in [-0.1, -0.05) is 31.2 Å². The normalized spacial score (nSPS) is 10.8. The van der Waals surface area contributed by atoms with Crippen LogP contribution in [-0.4, -0.2) is 9.55 Å². The number of benzene rings is 2. The van der Waals surface area contributed by atoms with Crippen molar-refractivity contribution in [2.24, 2.45) is 7.05 Å². The third-order valence-electron chi connectivity index (χ3n) is 3.89. The van der Waals surface area contributed by atoms with Crippen LogP contribution in [0.4, 0.5) is 5.69 Å². The predicted molar refractivity (Wildman–Crippen MR) is 90.1 cm³/mol. The van der Waals surface area contributed by atoms with Crippen LogP contribution < -0.4 is 10.9 Å². The maximum atomic E-state index is 12.3. The second-order valence-corrected chi connectivity index (χ2v) is 5.31. The topological polar surface area (TPSA) is 46.9 Å². The minimum atomic E-state index is -0.0104. The minimum Gasteiger partial charge on any atom is -0.378 e. The second kappa shape index (κ2) is 6.02. The number of fused-ring (bicyclic) bond motifs is 1. The van der Waals surface area contributed by atoms with E-state index in [2.05, 4.69) is 41.5 Å². The highest BCUT2D eigenvalue weighted by atomic mass is 16.1. The van der Waals surface area contributed by atoms with Gasteiger partial charge in [-0.05, 0) is 36.2 Å². The Morgan fingerprint density at radius 1 is 1.09 bits per heavy atom. The van der Waals surface area contributed by atoms with Crippen molar-refractivity contribution in [3.63, 3.8) is 0 Å². The first kappa shape index (κ1) is 14.3. The third-order valence-corrected chi connectivity index (χ3v) is 3.89. The lowest BCUT2D eigenvalue weighted by atomic mass is 10.1. The van der Waals surface area contributed by atoms with Gasteiger partial charge in [-0.2, -0.15) is 0 Å². The van der Waals surface area contributed by atoms with Gasteiger partial charge >= 0.3 is 0 Å². The summed E-state index contributed by atoms with van der Waals surface area (Å²) in [6.07, 6.45) is 1.03. The number of rotatable bonds is 4. The Balaban J connectivity index is 1.87. The van der Waals surface area contributed by atoms with Crippen LogP contribution >= 0.6 is 0 Å². The fourth-order valence-electron chi connectivity index (χ4n) is 2.46. The first-order valence-corrected chi connectivity index (χ1v) is 7.46. The molecule has 4 heteroatoms. The van der Waals surface area contributed by atoms with E-state index in [1.165, 1.54) is 5.56 Å². The largest absolute Gasteiger partial charge is 0.378 e. The zero-order chi connectivity index (χ0) is 15.5. The standard InChI is InChI=1S/C18H19N3O/c1-3-13-8-10-14(11-9-13)19-12-17-20-16-7-5-4-6-15(16)18(22)21(17)2/h4-11,19H,3,12H2,1-2H3. The number of para-hydroxylation sites is 1. The molecule has 0 aliphatic rings. The van der Waals surface area contributed by atoms with E-state index in [1.54, 1.807) is 11.6 Å². The molecule has 2 aromatic carbocycles. The van der Waals surface area contributed by atoms with Crippen LogP contribution in [0.5, 0.6) is 0 Å². The number of aromatic nitrogens is 2. The van der Waals surface area contributed by atoms with E-state index >= 15 is 0 Å². The number of hydrogen-bond donors (Lipinski definition) is 1. The molecule has 0 saturated heterocycles. The third kappa shape index (κ3) is 2.72. The molecule has 3 rings (SSSR count). The Bertz CT molecular complexity index is 850. The molecule has 0 saturated carbocycles. The lowest BCUT2D eigenvalue weighted by Crippen LogP contribution is -2.23. The van der Waals surface area contributed by atoms with Gasteiger partial charge < -0.3 is 5.32 Å². The fraction of sp³-hybridized carbons (Fsp3) is 0.222. The molecule has 0 fully saturated rings. The average Bonchev–Trinajstić information content (AvgIpc) is 2.57. The van der Waals surface area contributed by atoms with E-state index in [9.17, 15) is 4.79 Å². The summed E-state index contributed by atoms with van der Waals surface area (Å²) in [5.74, 6) is 0.725. The monoisotopic (exact) mass is 293 g/mol. The van der Waals surface area contributed by atoms with E-state index in [0.29, 0.717) is 11.9 Å². The molecule has 1 heterocycles. The van der Waals surface area contributed by atoms with Gasteiger partial charge in [0.1, 0.15) is 5.82 Å². The molecule has 112 valence electrons. The van der Waals surface area contributed by atoms with Crippen molar-refractivity contribution in [2.45, 2.75) is 19.9 Å². The number of hydrogen-bond acceptors (Lipinski definition) is 3. The Morgan fingerprint density at radius 3 is 2.55 bits per heavy atom. The average molecular weight is 293 g/mol. The van der Waals surface area contributed by atoms with Crippen LogP contribution in [0.3, 0.4) is 0 Å². The van der Waals surface area contributed by atoms with Gasteiger partial charge in [-0.15, -0.1) is 0 Å². The number of nitrogens with one attached hydrogen (secondary N) is 1. The summed E-state index contributed by atoms with van der Waals surface area (Å²) >= 11 is 0. The van der Waals surface area contributed by atoms with Gasteiger partial charge in [0.05, 0.1) is 17.4 Å². The Morgan fingerprint density at radius 2 is 1.82 bits per heavy atom. The number of nitrogens with zero attached hydrogens (tertiary/aromatic N) is 2. The van der Waals surface area contributed by atoms with Crippen LogP contribution in [0.25, 0.3) is 10.9 Å². The smallest absolute Gasteiger partial charge is 0.261 e. The highest BCUT2D eigenvalue weighted by Crippen LogP contribution is 2.12. The van der Waals surface area contributed by atoms with Crippen LogP contribution in [0.1, 0.15) is 18.3 Å². The number of anilines is 1. The van der Waals surface area contributed by atoms with Gasteiger partial charge in [-0.25, -0.2) is 4.98 Å². The molecule has 4 nitrogen and oxygen atoms in total. The van der Waals surface area contributed by atoms with Crippen molar-refractivity contribution in [3.8, 4) is 0 Å². The van der Waals surface area contributed by atoms with E-state index in [-0.39, 0.29) is 5.56 Å². The van der Waals surface area contributed by atoms with Crippen molar-refractivity contribution >= 4 is 16.6 Å². The van der Waals surface area contributed by atoms with Crippen molar-refractivity contribution < 1.29 is 0 Å². The molecule has 22 heavy (non-hydrogen) atoms. The van der Waals surface area contributed by atoms with Gasteiger partial charge in [0.2, 0.25) is 0 Å². The summed E-state index contributed by atoms with van der Waals surface area (Å²) in [5.41, 5.74) is 3.06. The fourth-order valence-corrected chi connectivity index (χ4v) is 2.46. The van der Waals surface area contributed by atoms with E-state index in [4.69, 9.17) is 0 Å². The van der Waals surface area contributed by atoms with Crippen molar-refractivity contribution in [2.75, 3.05) is 5.32 Å². The second-order valence-electron chi connectivity index (χ2n) is 5.31. The first-order valence-electron chi connectivity index (χ1n) is 7.46. The molecule has 0 radical (unpaired) electrons. The Hall–Kier alpha value is -2.62. The molecule has 0 bridgehead atoms. The summed E-state index contributed by atoms with van der Waals surface area (Å²) in [4.78, 5) is 16.9. The van der Waals surface area contributed by atoms with Gasteiger partial charge in [0.15, 0.2) is 0 Å². The van der Waals surface area contributed by atoms with Crippen LogP contribution in [0.2, 0.25) is 0 Å². The van der Waals surface area contributed by atoms with E-state index < -0.39 is 0 Å². The van der Waals surface area contributed by atoms with E-state index in [0.717, 1.165) is 23.4 Å². The Kier molecular flexibility index (Phi) is 3.92. The molecule has 0 aliphatic heterocycles. The van der Waals surface area contributed by atoms with Crippen molar-refractivity contribution in [1.29, 1.82) is 0 Å². The van der Waals surface area contributed by atoms with Crippen LogP contribution in [0, 0.1) is 0 Å². The molecular weight excluding hydrogens is 274 g/mol. The SMILES string of the molecule is CCc1ccc(NCc2nc3ccccc3c(=O)n2C)cc1. The molecule has 0 unspecified atom stereocenters. The molecule has 1 N–H and O–H groups in total. The summed E-state index contributed by atoms with van der Waals surface area (Å²) in [5, 5.41) is 3.98. The molecule has 0 spiro atoms. The highest BCUT2D eigenvalue weighted by molar-refractivity contribution is 5.77. The first-order chi connectivity index (χ1) is 10.7. The highest BCUT2D eigenvalue weighted by Gasteiger charge is 2.07. The molecular formula is C18H19N3O. The van der Waals surface area contributed by atoms with E-state index in [1.807, 2.05) is 24.3 Å². The molecule has 3 aromatic rings. The summed E-state index contributed by atoms with van der Waals surface area (Å²) < 4.78 is 1.61. The van der Waals surface area contributed by atoms with Crippen molar-refractivity contribution in [1.82, 2.24) is 9.55 Å². The van der Waals surface area contributed by atoms with Gasteiger partial charge in [0.25, 0.3) is 5.56 Å². The summed E-state index contributed by atoms with van der Waals surface area (Å²) in [6.45, 7) is 2.65.